The fourth-order valence-electron chi connectivity index (χ4n) is 2.68. The van der Waals surface area contributed by atoms with Gasteiger partial charge >= 0.3 is 0 Å². The molecule has 0 unspecified atom stereocenters. The van der Waals surface area contributed by atoms with Crippen molar-refractivity contribution in [1.82, 2.24) is 0 Å². The first-order chi connectivity index (χ1) is 14.5. The van der Waals surface area contributed by atoms with E-state index in [0.717, 1.165) is 0 Å². The van der Waals surface area contributed by atoms with E-state index < -0.39 is 0 Å². The molecule has 3 N–H and O–H groups in total. The summed E-state index contributed by atoms with van der Waals surface area (Å²) in [5.41, 5.74) is 2.19. The highest BCUT2D eigenvalue weighted by molar-refractivity contribution is 6.06. The number of carbonyl (C=O) groups excluding carboxylic acids is 3. The molecule has 3 aromatic carbocycles. The van der Waals surface area contributed by atoms with E-state index in [1.54, 1.807) is 60.7 Å². The molecule has 0 heterocycles. The molecule has 0 fully saturated rings. The van der Waals surface area contributed by atoms with Gasteiger partial charge in [0.15, 0.2) is 6.61 Å². The van der Waals surface area contributed by atoms with Crippen LogP contribution >= 0.6 is 0 Å². The molecule has 0 aliphatic carbocycles. The maximum Gasteiger partial charge on any atom is 0.262 e. The Hall–Kier alpha value is -4.13. The molecule has 0 aliphatic rings. The van der Waals surface area contributed by atoms with Crippen LogP contribution in [0.15, 0.2) is 78.9 Å². The van der Waals surface area contributed by atoms with Gasteiger partial charge in [0.2, 0.25) is 5.91 Å². The molecule has 0 aliphatic heterocycles. The quantitative estimate of drug-likeness (QED) is 0.557. The third-order valence-electron chi connectivity index (χ3n) is 4.01. The van der Waals surface area contributed by atoms with Gasteiger partial charge in [0, 0.05) is 24.0 Å². The van der Waals surface area contributed by atoms with Crippen LogP contribution in [0.4, 0.5) is 17.1 Å². The van der Waals surface area contributed by atoms with Crippen molar-refractivity contribution in [2.75, 3.05) is 22.6 Å². The minimum Gasteiger partial charge on any atom is -0.483 e. The monoisotopic (exact) mass is 403 g/mol. The molecule has 3 rings (SSSR count). The SMILES string of the molecule is CC(=O)Nc1ccc(NC(=O)COc2ccccc2C(=O)Nc2ccccc2)cc1. The summed E-state index contributed by atoms with van der Waals surface area (Å²) in [6.45, 7) is 1.16. The molecule has 0 atom stereocenters. The van der Waals surface area contributed by atoms with Crippen molar-refractivity contribution in [3.63, 3.8) is 0 Å². The first-order valence-corrected chi connectivity index (χ1v) is 9.27. The molecule has 0 spiro atoms. The van der Waals surface area contributed by atoms with Gasteiger partial charge in [-0.25, -0.2) is 0 Å². The van der Waals surface area contributed by atoms with E-state index >= 15 is 0 Å². The standard InChI is InChI=1S/C23H21N3O4/c1-16(27)24-18-11-13-19(14-12-18)25-22(28)15-30-21-10-6-5-9-20(21)23(29)26-17-7-3-2-4-8-17/h2-14H,15H2,1H3,(H,24,27)(H,25,28)(H,26,29). The largest absolute Gasteiger partial charge is 0.483 e. The Kier molecular flexibility index (Phi) is 6.78. The highest BCUT2D eigenvalue weighted by atomic mass is 16.5. The van der Waals surface area contributed by atoms with Gasteiger partial charge in [-0.1, -0.05) is 30.3 Å². The molecule has 0 aromatic heterocycles. The molecule has 0 saturated carbocycles. The van der Waals surface area contributed by atoms with E-state index in [9.17, 15) is 14.4 Å². The summed E-state index contributed by atoms with van der Waals surface area (Å²) in [4.78, 5) is 35.8. The first kappa shape index (κ1) is 20.6. The molecular weight excluding hydrogens is 382 g/mol. The van der Waals surface area contributed by atoms with Gasteiger partial charge < -0.3 is 20.7 Å². The van der Waals surface area contributed by atoms with Crippen LogP contribution in [0.3, 0.4) is 0 Å². The van der Waals surface area contributed by atoms with Gasteiger partial charge in [-0.05, 0) is 48.5 Å². The van der Waals surface area contributed by atoms with Crippen molar-refractivity contribution in [3.05, 3.63) is 84.4 Å². The van der Waals surface area contributed by atoms with Gasteiger partial charge in [0.25, 0.3) is 11.8 Å². The summed E-state index contributed by atoms with van der Waals surface area (Å²) in [6.07, 6.45) is 0. The predicted molar refractivity (Wildman–Crippen MR) is 116 cm³/mol. The molecule has 7 nitrogen and oxygen atoms in total. The Bertz CT molecular complexity index is 1030. The summed E-state index contributed by atoms with van der Waals surface area (Å²) in [6, 6.07) is 22.5. The molecule has 30 heavy (non-hydrogen) atoms. The van der Waals surface area contributed by atoms with Crippen molar-refractivity contribution in [1.29, 1.82) is 0 Å². The molecule has 152 valence electrons. The second kappa shape index (κ2) is 9.88. The van der Waals surface area contributed by atoms with Crippen LogP contribution < -0.4 is 20.7 Å². The van der Waals surface area contributed by atoms with Crippen molar-refractivity contribution >= 4 is 34.8 Å². The number of hydrogen-bond acceptors (Lipinski definition) is 4. The van der Waals surface area contributed by atoms with Crippen molar-refractivity contribution in [3.8, 4) is 5.75 Å². The number of nitrogens with one attached hydrogen (secondary N) is 3. The van der Waals surface area contributed by atoms with Crippen molar-refractivity contribution in [2.45, 2.75) is 6.92 Å². The Morgan fingerprint density at radius 2 is 1.27 bits per heavy atom. The first-order valence-electron chi connectivity index (χ1n) is 9.27. The lowest BCUT2D eigenvalue weighted by molar-refractivity contribution is -0.118. The minimum absolute atomic E-state index is 0.171. The molecule has 3 aromatic rings. The third-order valence-corrected chi connectivity index (χ3v) is 4.01. The average Bonchev–Trinajstić information content (AvgIpc) is 2.74. The average molecular weight is 403 g/mol. The number of ether oxygens (including phenoxy) is 1. The summed E-state index contributed by atoms with van der Waals surface area (Å²) in [5, 5.41) is 8.15. The number of hydrogen-bond donors (Lipinski definition) is 3. The third kappa shape index (κ3) is 5.93. The second-order valence-electron chi connectivity index (χ2n) is 6.41. The van der Waals surface area contributed by atoms with E-state index in [4.69, 9.17) is 4.74 Å². The van der Waals surface area contributed by atoms with E-state index in [-0.39, 0.29) is 24.3 Å². The van der Waals surface area contributed by atoms with Crippen molar-refractivity contribution in [2.24, 2.45) is 0 Å². The highest BCUT2D eigenvalue weighted by Crippen LogP contribution is 2.20. The zero-order valence-corrected chi connectivity index (χ0v) is 16.3. The van der Waals surface area contributed by atoms with Crippen LogP contribution in [0, 0.1) is 0 Å². The maximum absolute atomic E-state index is 12.6. The zero-order valence-electron chi connectivity index (χ0n) is 16.3. The topological polar surface area (TPSA) is 96.5 Å². The molecule has 3 amide bonds. The lowest BCUT2D eigenvalue weighted by atomic mass is 10.2. The van der Waals surface area contributed by atoms with Gasteiger partial charge in [0.1, 0.15) is 5.75 Å². The minimum atomic E-state index is -0.374. The molecule has 0 saturated heterocycles. The number of rotatable bonds is 7. The highest BCUT2D eigenvalue weighted by Gasteiger charge is 2.13. The smallest absolute Gasteiger partial charge is 0.262 e. The predicted octanol–water partition coefficient (Wildman–Crippen LogP) is 3.91. The van der Waals surface area contributed by atoms with Crippen LogP contribution in [0.2, 0.25) is 0 Å². The van der Waals surface area contributed by atoms with Crippen LogP contribution in [0.5, 0.6) is 5.75 Å². The number of benzene rings is 3. The number of para-hydroxylation sites is 2. The Labute approximate surface area is 174 Å². The number of amides is 3. The Morgan fingerprint density at radius 3 is 1.93 bits per heavy atom. The van der Waals surface area contributed by atoms with Gasteiger partial charge in [-0.15, -0.1) is 0 Å². The summed E-state index contributed by atoms with van der Waals surface area (Å²) in [7, 11) is 0. The molecule has 0 radical (unpaired) electrons. The van der Waals surface area contributed by atoms with Crippen LogP contribution in [0.25, 0.3) is 0 Å². The number of carbonyl (C=O) groups is 3. The summed E-state index contributed by atoms with van der Waals surface area (Å²) in [5.74, 6) is -0.566. The maximum atomic E-state index is 12.6. The fraction of sp³-hybridized carbons (Fsp3) is 0.0870. The lowest BCUT2D eigenvalue weighted by Gasteiger charge is -2.12. The Balaban J connectivity index is 1.58. The molecule has 7 heteroatoms. The summed E-state index contributed by atoms with van der Waals surface area (Å²) >= 11 is 0. The van der Waals surface area contributed by atoms with Crippen molar-refractivity contribution < 1.29 is 19.1 Å². The lowest BCUT2D eigenvalue weighted by Crippen LogP contribution is -2.21. The number of anilines is 3. The van der Waals surface area contributed by atoms with Gasteiger partial charge in [-0.2, -0.15) is 0 Å². The van der Waals surface area contributed by atoms with E-state index in [1.165, 1.54) is 6.92 Å². The van der Waals surface area contributed by atoms with E-state index in [1.807, 2.05) is 18.2 Å². The fourth-order valence-corrected chi connectivity index (χ4v) is 2.68. The zero-order chi connectivity index (χ0) is 21.3. The van der Waals surface area contributed by atoms with E-state index in [0.29, 0.717) is 28.4 Å². The van der Waals surface area contributed by atoms with Crippen LogP contribution in [-0.4, -0.2) is 24.3 Å². The summed E-state index contributed by atoms with van der Waals surface area (Å²) < 4.78 is 5.58. The van der Waals surface area contributed by atoms with Gasteiger partial charge in [-0.3, -0.25) is 14.4 Å². The Morgan fingerprint density at radius 1 is 0.700 bits per heavy atom. The molecular formula is C23H21N3O4. The molecule has 0 bridgehead atoms. The van der Waals surface area contributed by atoms with Gasteiger partial charge in [0.05, 0.1) is 5.56 Å². The normalized spacial score (nSPS) is 10.0. The second-order valence-corrected chi connectivity index (χ2v) is 6.41. The van der Waals surface area contributed by atoms with Crippen LogP contribution in [-0.2, 0) is 9.59 Å². The van der Waals surface area contributed by atoms with Crippen LogP contribution in [0.1, 0.15) is 17.3 Å². The van der Waals surface area contributed by atoms with E-state index in [2.05, 4.69) is 16.0 Å².